The quantitative estimate of drug-likeness (QED) is 0.519. The van der Waals surface area contributed by atoms with Crippen LogP contribution in [0, 0.1) is 0 Å². The van der Waals surface area contributed by atoms with Crippen LogP contribution in [0.15, 0.2) is 60.8 Å². The largest absolute Gasteiger partial charge is 0.497 e. The van der Waals surface area contributed by atoms with Crippen molar-refractivity contribution in [3.05, 3.63) is 72.2 Å². The van der Waals surface area contributed by atoms with Gasteiger partial charge in [-0.2, -0.15) is 0 Å². The zero-order valence-corrected chi connectivity index (χ0v) is 15.2. The molecule has 2 heterocycles. The van der Waals surface area contributed by atoms with Crippen LogP contribution in [-0.4, -0.2) is 17.5 Å². The molecule has 0 saturated carbocycles. The first-order valence-electron chi connectivity index (χ1n) is 9.06. The minimum absolute atomic E-state index is 0.123. The number of carbonyl (C=O) groups excluding carboxylic acids is 1. The van der Waals surface area contributed by atoms with Crippen molar-refractivity contribution in [1.29, 1.82) is 0 Å². The van der Waals surface area contributed by atoms with E-state index in [0.717, 1.165) is 25.1 Å². The maximum absolute atomic E-state index is 13.0. The van der Waals surface area contributed by atoms with Crippen LogP contribution in [-0.2, 0) is 13.0 Å². The number of ketones is 1. The summed E-state index contributed by atoms with van der Waals surface area (Å²) in [4.78, 5) is 13.0. The molecule has 2 aromatic carbocycles. The summed E-state index contributed by atoms with van der Waals surface area (Å²) in [5, 5.41) is 0. The zero-order chi connectivity index (χ0) is 18.1. The van der Waals surface area contributed by atoms with Crippen molar-refractivity contribution < 1.29 is 14.1 Å². The van der Waals surface area contributed by atoms with Gasteiger partial charge in [0.2, 0.25) is 5.78 Å². The summed E-state index contributed by atoms with van der Waals surface area (Å²) in [5.74, 6) is 2.12. The number of benzene rings is 2. The predicted molar refractivity (Wildman–Crippen MR) is 100 cm³/mol. The van der Waals surface area contributed by atoms with E-state index in [4.69, 9.17) is 4.74 Å². The number of nitrogens with zero attached hydrogens (tertiary/aromatic N) is 2. The molecule has 0 bridgehead atoms. The number of carbonyl (C=O) groups is 1. The lowest BCUT2D eigenvalue weighted by Crippen LogP contribution is -2.44. The average molecular weight is 347 g/mol. The lowest BCUT2D eigenvalue weighted by molar-refractivity contribution is -0.710. The smallest absolute Gasteiger partial charge is 0.257 e. The summed E-state index contributed by atoms with van der Waals surface area (Å²) in [6.07, 6.45) is 4.27. The van der Waals surface area contributed by atoms with Gasteiger partial charge in [0.15, 0.2) is 11.7 Å². The van der Waals surface area contributed by atoms with E-state index in [9.17, 15) is 4.79 Å². The first-order chi connectivity index (χ1) is 12.7. The summed E-state index contributed by atoms with van der Waals surface area (Å²) < 4.78 is 9.70. The Hall–Kier alpha value is -2.88. The van der Waals surface area contributed by atoms with E-state index in [2.05, 4.69) is 39.6 Å². The summed E-state index contributed by atoms with van der Waals surface area (Å²) in [5.41, 5.74) is 3.09. The fourth-order valence-corrected chi connectivity index (χ4v) is 3.76. The number of fused-ring (bicyclic) bond motifs is 1. The van der Waals surface area contributed by atoms with E-state index in [1.165, 1.54) is 17.1 Å². The molecule has 26 heavy (non-hydrogen) atoms. The highest BCUT2D eigenvalue weighted by Crippen LogP contribution is 2.26. The van der Waals surface area contributed by atoms with Gasteiger partial charge >= 0.3 is 0 Å². The zero-order valence-electron chi connectivity index (χ0n) is 15.2. The summed E-state index contributed by atoms with van der Waals surface area (Å²) >= 11 is 0. The van der Waals surface area contributed by atoms with Crippen LogP contribution in [0.2, 0.25) is 0 Å². The number of imidazole rings is 1. The van der Waals surface area contributed by atoms with Gasteiger partial charge in [-0.25, -0.2) is 9.13 Å². The summed E-state index contributed by atoms with van der Waals surface area (Å²) in [6.45, 7) is 3.00. The van der Waals surface area contributed by atoms with E-state index in [-0.39, 0.29) is 11.8 Å². The Morgan fingerprint density at radius 1 is 1.12 bits per heavy atom. The van der Waals surface area contributed by atoms with Gasteiger partial charge in [0.25, 0.3) is 5.82 Å². The lowest BCUT2D eigenvalue weighted by Gasteiger charge is -2.09. The van der Waals surface area contributed by atoms with Crippen LogP contribution >= 0.6 is 0 Å². The first-order valence-corrected chi connectivity index (χ1v) is 9.06. The van der Waals surface area contributed by atoms with Gasteiger partial charge < -0.3 is 4.74 Å². The normalized spacial score (nSPS) is 14.1. The highest BCUT2D eigenvalue weighted by atomic mass is 16.5. The Labute approximate surface area is 153 Å². The molecule has 0 fully saturated rings. The van der Waals surface area contributed by atoms with Gasteiger partial charge in [0.1, 0.15) is 11.9 Å². The number of methoxy groups -OCH3 is 1. The van der Waals surface area contributed by atoms with Gasteiger partial charge in [0.05, 0.1) is 20.1 Å². The molecule has 3 aromatic rings. The summed E-state index contributed by atoms with van der Waals surface area (Å²) in [6, 6.07) is 17.5. The molecule has 4 heteroatoms. The van der Waals surface area contributed by atoms with Crippen LogP contribution in [0.5, 0.6) is 5.75 Å². The molecule has 1 aromatic heterocycles. The third-order valence-corrected chi connectivity index (χ3v) is 5.18. The minimum Gasteiger partial charge on any atom is -0.497 e. The standard InChI is InChI=1S/C22H23N2O2/c1-16(22(25)18-10-12-19(26-2)13-11-18)24-15-20(17-7-4-3-5-8-17)23-14-6-9-21(23)24/h3-5,7-8,10-13,15-16H,6,9,14H2,1-2H3/q+1/t16-/m0/s1. The number of ether oxygens (including phenoxy) is 1. The highest BCUT2D eigenvalue weighted by molar-refractivity contribution is 5.97. The van der Waals surface area contributed by atoms with Gasteiger partial charge in [-0.3, -0.25) is 4.79 Å². The minimum atomic E-state index is -0.236. The Morgan fingerprint density at radius 2 is 1.85 bits per heavy atom. The van der Waals surface area contributed by atoms with Crippen molar-refractivity contribution in [1.82, 2.24) is 4.57 Å². The number of hydrogen-bond acceptors (Lipinski definition) is 2. The fourth-order valence-electron chi connectivity index (χ4n) is 3.76. The second kappa shape index (κ2) is 6.79. The molecular weight excluding hydrogens is 324 g/mol. The predicted octanol–water partition coefficient (Wildman–Crippen LogP) is 3.84. The van der Waals surface area contributed by atoms with Crippen molar-refractivity contribution in [3.63, 3.8) is 0 Å². The summed E-state index contributed by atoms with van der Waals surface area (Å²) in [7, 11) is 1.63. The molecule has 1 aliphatic rings. The fraction of sp³-hybridized carbons (Fsp3) is 0.273. The Balaban J connectivity index is 1.70. The monoisotopic (exact) mass is 347 g/mol. The van der Waals surface area contributed by atoms with Crippen molar-refractivity contribution in [3.8, 4) is 17.0 Å². The van der Waals surface area contributed by atoms with Crippen LogP contribution in [0.1, 0.15) is 35.6 Å². The molecule has 0 radical (unpaired) electrons. The third-order valence-electron chi connectivity index (χ3n) is 5.18. The third kappa shape index (κ3) is 2.81. The lowest BCUT2D eigenvalue weighted by atomic mass is 10.0. The van der Waals surface area contributed by atoms with E-state index in [1.807, 2.05) is 37.3 Å². The van der Waals surface area contributed by atoms with E-state index < -0.39 is 0 Å². The highest BCUT2D eigenvalue weighted by Gasteiger charge is 2.33. The Morgan fingerprint density at radius 3 is 2.54 bits per heavy atom. The molecule has 0 amide bonds. The molecule has 132 valence electrons. The Bertz CT molecular complexity index is 927. The number of hydrogen-bond donors (Lipinski definition) is 0. The van der Waals surface area contributed by atoms with Crippen molar-refractivity contribution in [2.24, 2.45) is 0 Å². The molecule has 0 aliphatic carbocycles. The molecule has 0 saturated heterocycles. The average Bonchev–Trinajstić information content (AvgIpc) is 3.30. The van der Waals surface area contributed by atoms with Gasteiger partial charge in [0, 0.05) is 11.1 Å². The van der Waals surface area contributed by atoms with Crippen molar-refractivity contribution in [2.75, 3.05) is 7.11 Å². The molecule has 0 N–H and O–H groups in total. The number of aromatic nitrogens is 2. The maximum atomic E-state index is 13.0. The number of rotatable bonds is 5. The molecule has 0 spiro atoms. The van der Waals surface area contributed by atoms with Crippen LogP contribution in [0.3, 0.4) is 0 Å². The van der Waals surface area contributed by atoms with Gasteiger partial charge in [-0.05, 0) is 37.6 Å². The topological polar surface area (TPSA) is 35.1 Å². The van der Waals surface area contributed by atoms with Crippen molar-refractivity contribution in [2.45, 2.75) is 32.4 Å². The van der Waals surface area contributed by atoms with E-state index >= 15 is 0 Å². The molecule has 1 aliphatic heterocycles. The van der Waals surface area contributed by atoms with Crippen molar-refractivity contribution >= 4 is 5.78 Å². The second-order valence-electron chi connectivity index (χ2n) is 6.73. The van der Waals surface area contributed by atoms with Crippen LogP contribution in [0.25, 0.3) is 11.3 Å². The number of Topliss-reactive ketones (excluding diaryl/α,β-unsaturated/α-hetero) is 1. The second-order valence-corrected chi connectivity index (χ2v) is 6.73. The van der Waals surface area contributed by atoms with Gasteiger partial charge in [-0.1, -0.05) is 30.3 Å². The van der Waals surface area contributed by atoms with E-state index in [1.54, 1.807) is 7.11 Å². The van der Waals surface area contributed by atoms with Gasteiger partial charge in [-0.15, -0.1) is 0 Å². The van der Waals surface area contributed by atoms with E-state index in [0.29, 0.717) is 5.56 Å². The molecular formula is C22H23N2O2+. The first kappa shape index (κ1) is 16.6. The molecule has 4 rings (SSSR count). The Kier molecular flexibility index (Phi) is 4.33. The molecule has 0 unspecified atom stereocenters. The van der Waals surface area contributed by atoms with Crippen LogP contribution < -0.4 is 9.30 Å². The molecule has 4 nitrogen and oxygen atoms in total. The molecule has 1 atom stereocenters. The maximum Gasteiger partial charge on any atom is 0.257 e. The SMILES string of the molecule is COc1ccc(C(=O)[C@H](C)[n+]2cc(-c3ccccc3)n3c2CCC3)cc1. The van der Waals surface area contributed by atoms with Crippen LogP contribution in [0.4, 0.5) is 0 Å².